The minimum absolute atomic E-state index is 0.0121. The molecule has 2 N–H and O–H groups in total. The highest BCUT2D eigenvalue weighted by molar-refractivity contribution is 6.42. The van der Waals surface area contributed by atoms with Crippen molar-refractivity contribution < 1.29 is 19.0 Å². The van der Waals surface area contributed by atoms with Gasteiger partial charge in [0, 0.05) is 24.7 Å². The molecule has 38 heavy (non-hydrogen) atoms. The van der Waals surface area contributed by atoms with Gasteiger partial charge in [-0.2, -0.15) is 0 Å². The maximum atomic E-state index is 13.2. The third-order valence-corrected chi connectivity index (χ3v) is 6.10. The van der Waals surface area contributed by atoms with Crippen molar-refractivity contribution in [3.63, 3.8) is 0 Å². The summed E-state index contributed by atoms with van der Waals surface area (Å²) < 4.78 is 1.47. The number of allylic oxidation sites excluding steroid dienone is 3. The summed E-state index contributed by atoms with van der Waals surface area (Å²) in [5.74, 6) is -1.41. The highest BCUT2D eigenvalue weighted by Crippen LogP contribution is 2.24. The Balaban J connectivity index is 1.52. The summed E-state index contributed by atoms with van der Waals surface area (Å²) in [5, 5.41) is 4.06. The van der Waals surface area contributed by atoms with Crippen molar-refractivity contribution in [2.24, 2.45) is 0 Å². The fourth-order valence-corrected chi connectivity index (χ4v) is 4.03. The fourth-order valence-electron chi connectivity index (χ4n) is 3.73. The molecule has 4 rings (SSSR count). The number of hydrogen-bond donors (Lipinski definition) is 2. The van der Waals surface area contributed by atoms with Crippen LogP contribution in [0.25, 0.3) is 6.08 Å². The molecule has 0 radical (unpaired) electrons. The first kappa shape index (κ1) is 26.3. The van der Waals surface area contributed by atoms with E-state index in [1.807, 2.05) is 66.7 Å². The summed E-state index contributed by atoms with van der Waals surface area (Å²) in [4.78, 5) is 39.0. The van der Waals surface area contributed by atoms with Crippen LogP contribution in [0.3, 0.4) is 0 Å². The number of hydrogen-bond acceptors (Lipinski definition) is 4. The Labute approximate surface area is 226 Å². The van der Waals surface area contributed by atoms with Gasteiger partial charge >= 0.3 is 5.91 Å². The van der Waals surface area contributed by atoms with Crippen LogP contribution in [-0.4, -0.2) is 40.6 Å². The van der Waals surface area contributed by atoms with Crippen molar-refractivity contribution in [2.45, 2.75) is 6.42 Å². The minimum Gasteiger partial charge on any atom is -0.317 e. The van der Waals surface area contributed by atoms with Crippen LogP contribution in [-0.2, 0) is 9.59 Å². The lowest BCUT2D eigenvalue weighted by Crippen LogP contribution is -2.44. The zero-order chi connectivity index (χ0) is 26.9. The third-order valence-electron chi connectivity index (χ3n) is 5.72. The van der Waals surface area contributed by atoms with Crippen LogP contribution in [0.15, 0.2) is 120 Å². The molecule has 1 aliphatic rings. The first-order valence-electron chi connectivity index (χ1n) is 11.9. The van der Waals surface area contributed by atoms with Crippen LogP contribution < -0.4 is 10.7 Å². The SMILES string of the molecule is CN(NC(=O)/C(=C/C=C/c1ccccc1)NC(=O)c1ccccc1)C1=C(Cl)C(=O)[N+](c2ccccc2)=CC1. The van der Waals surface area contributed by atoms with Crippen molar-refractivity contribution in [1.29, 1.82) is 0 Å². The second-order valence-electron chi connectivity index (χ2n) is 8.33. The molecule has 0 aromatic heterocycles. The average molecular weight is 526 g/mol. The predicted molar refractivity (Wildman–Crippen MR) is 148 cm³/mol. The molecule has 7 nitrogen and oxygen atoms in total. The number of para-hydroxylation sites is 1. The van der Waals surface area contributed by atoms with E-state index in [0.717, 1.165) is 5.56 Å². The summed E-state index contributed by atoms with van der Waals surface area (Å²) in [5.41, 5.74) is 5.19. The molecule has 1 heterocycles. The Hall–Kier alpha value is -4.75. The van der Waals surface area contributed by atoms with E-state index in [0.29, 0.717) is 23.4 Å². The van der Waals surface area contributed by atoms with E-state index in [9.17, 15) is 14.4 Å². The van der Waals surface area contributed by atoms with Crippen LogP contribution in [0.2, 0.25) is 0 Å². The number of benzene rings is 3. The Kier molecular flexibility index (Phi) is 8.64. The first-order chi connectivity index (χ1) is 18.4. The lowest BCUT2D eigenvalue weighted by molar-refractivity contribution is -0.359. The molecule has 0 fully saturated rings. The van der Waals surface area contributed by atoms with Crippen LogP contribution in [0.1, 0.15) is 22.3 Å². The number of nitrogens with one attached hydrogen (secondary N) is 2. The lowest BCUT2D eigenvalue weighted by Gasteiger charge is -2.24. The fraction of sp³-hybridized carbons (Fsp3) is 0.0667. The highest BCUT2D eigenvalue weighted by Gasteiger charge is 2.33. The van der Waals surface area contributed by atoms with Gasteiger partial charge in [0.2, 0.25) is 5.69 Å². The van der Waals surface area contributed by atoms with Gasteiger partial charge < -0.3 is 5.32 Å². The molecule has 1 aliphatic heterocycles. The van der Waals surface area contributed by atoms with E-state index in [2.05, 4.69) is 10.7 Å². The molecule has 0 spiro atoms. The monoisotopic (exact) mass is 525 g/mol. The van der Waals surface area contributed by atoms with Crippen molar-refractivity contribution in [3.8, 4) is 0 Å². The molecule has 0 aliphatic carbocycles. The molecule has 0 bridgehead atoms. The van der Waals surface area contributed by atoms with Crippen LogP contribution in [0.4, 0.5) is 5.69 Å². The van der Waals surface area contributed by atoms with E-state index in [4.69, 9.17) is 11.6 Å². The Bertz CT molecular complexity index is 1450. The van der Waals surface area contributed by atoms with E-state index < -0.39 is 17.7 Å². The van der Waals surface area contributed by atoms with E-state index in [-0.39, 0.29) is 10.7 Å². The Morgan fingerprint density at radius 1 is 0.921 bits per heavy atom. The van der Waals surface area contributed by atoms with Gasteiger partial charge in [-0.1, -0.05) is 90.5 Å². The molecular formula is C30H26ClN4O3+. The van der Waals surface area contributed by atoms with Crippen molar-refractivity contribution in [1.82, 2.24) is 15.8 Å². The van der Waals surface area contributed by atoms with Gasteiger partial charge in [-0.15, -0.1) is 4.58 Å². The average Bonchev–Trinajstić information content (AvgIpc) is 2.95. The summed E-state index contributed by atoms with van der Waals surface area (Å²) in [6.07, 6.45) is 7.02. The summed E-state index contributed by atoms with van der Waals surface area (Å²) in [7, 11) is 1.59. The van der Waals surface area contributed by atoms with Crippen molar-refractivity contribution in [2.75, 3.05) is 7.05 Å². The van der Waals surface area contributed by atoms with Gasteiger partial charge in [0.25, 0.3) is 11.8 Å². The number of carbonyl (C=O) groups is 3. The third kappa shape index (κ3) is 6.52. The normalized spacial score (nSPS) is 13.8. The molecular weight excluding hydrogens is 500 g/mol. The molecule has 0 saturated heterocycles. The molecule has 0 unspecified atom stereocenters. The molecule has 8 heteroatoms. The summed E-state index contributed by atoms with van der Waals surface area (Å²) in [6, 6.07) is 27.3. The highest BCUT2D eigenvalue weighted by atomic mass is 35.5. The maximum Gasteiger partial charge on any atom is 0.438 e. The van der Waals surface area contributed by atoms with Crippen LogP contribution in [0, 0.1) is 0 Å². The number of nitrogens with zero attached hydrogens (tertiary/aromatic N) is 2. The molecule has 3 aromatic carbocycles. The van der Waals surface area contributed by atoms with E-state index in [1.54, 1.807) is 49.7 Å². The number of rotatable bonds is 8. The minimum atomic E-state index is -0.579. The molecule has 0 saturated carbocycles. The van der Waals surface area contributed by atoms with E-state index >= 15 is 0 Å². The van der Waals surface area contributed by atoms with Gasteiger partial charge in [0.05, 0.1) is 12.1 Å². The molecule has 3 amide bonds. The number of halogens is 1. The van der Waals surface area contributed by atoms with E-state index in [1.165, 1.54) is 15.7 Å². The molecule has 0 atom stereocenters. The van der Waals surface area contributed by atoms with Gasteiger partial charge in [-0.25, -0.2) is 4.79 Å². The molecule has 3 aromatic rings. The zero-order valence-corrected chi connectivity index (χ0v) is 21.4. The standard InChI is InChI=1S/C30H25ClN4O3/c1-34(26-20-21-35(30(38)27(26)31)24-17-9-4-10-18-24)33-29(37)25(19-11-14-22-12-5-2-6-13-22)32-28(36)23-15-7-3-8-16-23/h2-19,21H,20H2,1H3,(H-,32,33,36,37)/p+1/b14-11+,25-19-. The van der Waals surface area contributed by atoms with Crippen molar-refractivity contribution in [3.05, 3.63) is 131 Å². The predicted octanol–water partition coefficient (Wildman–Crippen LogP) is 4.77. The van der Waals surface area contributed by atoms with Gasteiger partial charge in [0.15, 0.2) is 11.2 Å². The molecule has 190 valence electrons. The Morgan fingerprint density at radius 2 is 1.53 bits per heavy atom. The van der Waals surface area contributed by atoms with Crippen LogP contribution >= 0.6 is 11.6 Å². The largest absolute Gasteiger partial charge is 0.438 e. The van der Waals surface area contributed by atoms with Crippen LogP contribution in [0.5, 0.6) is 0 Å². The van der Waals surface area contributed by atoms with Gasteiger partial charge in [-0.3, -0.25) is 20.0 Å². The number of carbonyl (C=O) groups excluding carboxylic acids is 3. The quantitative estimate of drug-likeness (QED) is 0.192. The number of hydrazine groups is 1. The smallest absolute Gasteiger partial charge is 0.317 e. The maximum absolute atomic E-state index is 13.2. The first-order valence-corrected chi connectivity index (χ1v) is 12.3. The van der Waals surface area contributed by atoms with Gasteiger partial charge in [-0.05, 0) is 23.8 Å². The summed E-state index contributed by atoms with van der Waals surface area (Å²) in [6.45, 7) is 0. The second-order valence-corrected chi connectivity index (χ2v) is 8.71. The second kappa shape index (κ2) is 12.5. The van der Waals surface area contributed by atoms with Gasteiger partial charge in [0.1, 0.15) is 5.70 Å². The zero-order valence-electron chi connectivity index (χ0n) is 20.7. The number of amides is 3. The van der Waals surface area contributed by atoms with Crippen molar-refractivity contribution >= 4 is 47.3 Å². The topological polar surface area (TPSA) is 81.5 Å². The summed E-state index contributed by atoms with van der Waals surface area (Å²) >= 11 is 6.43. The lowest BCUT2D eigenvalue weighted by atomic mass is 10.2. The Morgan fingerprint density at radius 3 is 2.18 bits per heavy atom.